The van der Waals surface area contributed by atoms with Crippen molar-refractivity contribution in [1.29, 1.82) is 0 Å². The van der Waals surface area contributed by atoms with Gasteiger partial charge >= 0.3 is 0 Å². The van der Waals surface area contributed by atoms with Gasteiger partial charge in [-0.25, -0.2) is 0 Å². The first kappa shape index (κ1) is 8.75. The van der Waals surface area contributed by atoms with Gasteiger partial charge in [-0.05, 0) is 12.2 Å². The molecular formula is C5H9Cl2P. The second kappa shape index (κ2) is 3.06. The van der Waals surface area contributed by atoms with Gasteiger partial charge in [0.05, 0.1) is 30.2 Å². The third-order valence-electron chi connectivity index (χ3n) is 1.14. The zero-order chi connectivity index (χ0) is 5.33. The van der Waals surface area contributed by atoms with E-state index in [9.17, 15) is 0 Å². The van der Waals surface area contributed by atoms with Crippen LogP contribution in [0.25, 0.3) is 0 Å². The monoisotopic (exact) mass is 170 g/mol. The van der Waals surface area contributed by atoms with Crippen LogP contribution in [0, 0.1) is 0 Å². The molecular weight excluding hydrogens is 162 g/mol. The van der Waals surface area contributed by atoms with Crippen molar-refractivity contribution in [2.75, 3.05) is 19.0 Å². The third-order valence-corrected chi connectivity index (χ3v) is 3.91. The number of hydrogen-bond acceptors (Lipinski definition) is 0. The van der Waals surface area contributed by atoms with E-state index in [0.29, 0.717) is 0 Å². The molecule has 0 unspecified atom stereocenters. The summed E-state index contributed by atoms with van der Waals surface area (Å²) in [6, 6.07) is 0. The van der Waals surface area contributed by atoms with Crippen molar-refractivity contribution in [3.63, 3.8) is 0 Å². The molecule has 0 fully saturated rings. The SMILES string of the molecule is C[P+]1(Cl)CC=CC1.[Cl-]. The zero-order valence-electron chi connectivity index (χ0n) is 4.77. The van der Waals surface area contributed by atoms with Gasteiger partial charge in [-0.15, -0.1) is 0 Å². The minimum absolute atomic E-state index is 0. The molecule has 0 atom stereocenters. The maximum absolute atomic E-state index is 6.02. The molecule has 0 aromatic carbocycles. The molecule has 0 spiro atoms. The first-order valence-electron chi connectivity index (χ1n) is 2.40. The summed E-state index contributed by atoms with van der Waals surface area (Å²) < 4.78 is 0. The topological polar surface area (TPSA) is 0 Å². The standard InChI is InChI=1S/C5H9ClP.ClH/c1-7(6)4-2-3-5-7;/h2-3H,4-5H2,1H3;1H/q+1;/p-1. The summed E-state index contributed by atoms with van der Waals surface area (Å²) in [5, 5.41) is 0. The Balaban J connectivity index is 0.000000490. The van der Waals surface area contributed by atoms with Crippen LogP contribution in [0.4, 0.5) is 0 Å². The van der Waals surface area contributed by atoms with E-state index >= 15 is 0 Å². The Bertz CT molecular complexity index is 88.6. The van der Waals surface area contributed by atoms with E-state index < -0.39 is 6.62 Å². The molecule has 0 amide bonds. The minimum atomic E-state index is -0.932. The normalized spacial score (nSPS) is 22.8. The molecule has 0 nitrogen and oxygen atoms in total. The van der Waals surface area contributed by atoms with Crippen LogP contribution in [0.3, 0.4) is 0 Å². The highest BCUT2D eigenvalue weighted by molar-refractivity contribution is 7.98. The van der Waals surface area contributed by atoms with Gasteiger partial charge in [-0.3, -0.25) is 0 Å². The Hall–Kier alpha value is 0.750. The summed E-state index contributed by atoms with van der Waals surface area (Å²) in [6.45, 7) is 1.24. The first-order chi connectivity index (χ1) is 3.21. The number of rotatable bonds is 0. The van der Waals surface area contributed by atoms with Crippen LogP contribution in [0.15, 0.2) is 12.2 Å². The summed E-state index contributed by atoms with van der Waals surface area (Å²) in [5.74, 6) is 0. The lowest BCUT2D eigenvalue weighted by molar-refractivity contribution is -0.00000147. The summed E-state index contributed by atoms with van der Waals surface area (Å²) in [6.07, 6.45) is 6.66. The van der Waals surface area contributed by atoms with E-state index in [1.54, 1.807) is 0 Å². The number of hydrogen-bond donors (Lipinski definition) is 0. The van der Waals surface area contributed by atoms with Crippen LogP contribution in [0.1, 0.15) is 0 Å². The van der Waals surface area contributed by atoms with E-state index in [1.807, 2.05) is 0 Å². The Morgan fingerprint density at radius 2 is 1.75 bits per heavy atom. The van der Waals surface area contributed by atoms with Gasteiger partial charge in [0.1, 0.15) is 6.62 Å². The molecule has 0 aromatic heterocycles. The predicted octanol–water partition coefficient (Wildman–Crippen LogP) is -0.639. The maximum atomic E-state index is 6.02. The minimum Gasteiger partial charge on any atom is -1.00 e. The summed E-state index contributed by atoms with van der Waals surface area (Å²) in [4.78, 5) is 0. The summed E-state index contributed by atoms with van der Waals surface area (Å²) in [7, 11) is 0. The van der Waals surface area contributed by atoms with Crippen LogP contribution in [-0.4, -0.2) is 19.0 Å². The van der Waals surface area contributed by atoms with E-state index in [4.69, 9.17) is 11.2 Å². The van der Waals surface area contributed by atoms with E-state index in [1.165, 1.54) is 0 Å². The Kier molecular flexibility index (Phi) is 3.34. The molecule has 0 saturated carbocycles. The molecule has 0 saturated heterocycles. The van der Waals surface area contributed by atoms with Crippen molar-refractivity contribution >= 4 is 17.9 Å². The van der Waals surface area contributed by atoms with Crippen molar-refractivity contribution in [2.45, 2.75) is 0 Å². The van der Waals surface area contributed by atoms with E-state index in [0.717, 1.165) is 12.3 Å². The van der Waals surface area contributed by atoms with Crippen LogP contribution in [0.5, 0.6) is 0 Å². The zero-order valence-corrected chi connectivity index (χ0v) is 7.18. The van der Waals surface area contributed by atoms with Crippen LogP contribution < -0.4 is 12.4 Å². The van der Waals surface area contributed by atoms with E-state index in [2.05, 4.69) is 18.8 Å². The van der Waals surface area contributed by atoms with Gasteiger partial charge in [0, 0.05) is 0 Å². The van der Waals surface area contributed by atoms with Gasteiger partial charge in [0.2, 0.25) is 0 Å². The fourth-order valence-electron chi connectivity index (χ4n) is 0.663. The molecule has 3 heteroatoms. The lowest BCUT2D eigenvalue weighted by atomic mass is 10.6. The van der Waals surface area contributed by atoms with Gasteiger partial charge < -0.3 is 12.4 Å². The molecule has 1 rings (SSSR count). The first-order valence-corrected chi connectivity index (χ1v) is 5.91. The van der Waals surface area contributed by atoms with Crippen molar-refractivity contribution in [3.8, 4) is 0 Å². The average molecular weight is 171 g/mol. The molecule has 1 aliphatic rings. The third kappa shape index (κ3) is 2.35. The van der Waals surface area contributed by atoms with Crippen LogP contribution in [-0.2, 0) is 0 Å². The van der Waals surface area contributed by atoms with E-state index in [-0.39, 0.29) is 12.4 Å². The average Bonchev–Trinajstić information content (AvgIpc) is 1.84. The Morgan fingerprint density at radius 3 is 1.88 bits per heavy atom. The second-order valence-corrected chi connectivity index (χ2v) is 7.81. The quantitative estimate of drug-likeness (QED) is 0.336. The van der Waals surface area contributed by atoms with Crippen molar-refractivity contribution in [2.24, 2.45) is 0 Å². The molecule has 1 aliphatic heterocycles. The molecule has 8 heavy (non-hydrogen) atoms. The fraction of sp³-hybridized carbons (Fsp3) is 0.600. The molecule has 0 aromatic rings. The van der Waals surface area contributed by atoms with Crippen LogP contribution >= 0.6 is 17.9 Å². The molecule has 0 N–H and O–H groups in total. The van der Waals surface area contributed by atoms with Gasteiger partial charge in [0.15, 0.2) is 0 Å². The van der Waals surface area contributed by atoms with Gasteiger partial charge in [-0.2, -0.15) is 0 Å². The number of halogens is 2. The van der Waals surface area contributed by atoms with Gasteiger partial charge in [0.25, 0.3) is 0 Å². The highest BCUT2D eigenvalue weighted by Gasteiger charge is 2.29. The lowest BCUT2D eigenvalue weighted by Crippen LogP contribution is -3.00. The highest BCUT2D eigenvalue weighted by atomic mass is 35.7. The molecule has 1 heterocycles. The summed E-state index contributed by atoms with van der Waals surface area (Å²) in [5.41, 5.74) is 0. The largest absolute Gasteiger partial charge is 1.00 e. The van der Waals surface area contributed by atoms with Crippen LogP contribution in [0.2, 0.25) is 0 Å². The fourth-order valence-corrected chi connectivity index (χ4v) is 2.47. The Labute approximate surface area is 61.8 Å². The molecule has 0 aliphatic carbocycles. The lowest BCUT2D eigenvalue weighted by Gasteiger charge is -2.00. The second-order valence-electron chi connectivity index (χ2n) is 2.10. The Morgan fingerprint density at radius 1 is 1.38 bits per heavy atom. The predicted molar refractivity (Wildman–Crippen MR) is 37.6 cm³/mol. The van der Waals surface area contributed by atoms with Crippen molar-refractivity contribution in [3.05, 3.63) is 12.2 Å². The van der Waals surface area contributed by atoms with Gasteiger partial charge in [-0.1, -0.05) is 0 Å². The maximum Gasteiger partial charge on any atom is 0.118 e. The summed E-state index contributed by atoms with van der Waals surface area (Å²) >= 11 is 6.02. The number of allylic oxidation sites excluding steroid dienone is 2. The highest BCUT2D eigenvalue weighted by Crippen LogP contribution is 2.62. The molecule has 48 valence electrons. The van der Waals surface area contributed by atoms with Crippen molar-refractivity contribution in [1.82, 2.24) is 0 Å². The smallest absolute Gasteiger partial charge is 0.118 e. The van der Waals surface area contributed by atoms with Crippen molar-refractivity contribution < 1.29 is 12.4 Å². The molecule has 0 radical (unpaired) electrons. The molecule has 0 bridgehead atoms.